The fraction of sp³-hybridized carbons (Fsp3) is 0. The maximum Gasteiger partial charge on any atom is 0.511 e. The second-order valence-corrected chi connectivity index (χ2v) is 2.34. The molecule has 0 saturated carbocycles. The van der Waals surface area contributed by atoms with Gasteiger partial charge in [0, 0.05) is 6.07 Å². The molecule has 2 rings (SSSR count). The highest BCUT2D eigenvalue weighted by atomic mass is 16.7. The van der Waals surface area contributed by atoms with Crippen LogP contribution in [-0.4, -0.2) is 26.7 Å². The van der Waals surface area contributed by atoms with Crippen molar-refractivity contribution in [2.24, 2.45) is 0 Å². The van der Waals surface area contributed by atoms with E-state index in [1.165, 1.54) is 12.1 Å². The molecule has 0 saturated heterocycles. The largest absolute Gasteiger partial charge is 0.511 e. The van der Waals surface area contributed by atoms with Crippen LogP contribution in [0.3, 0.4) is 0 Å². The molecule has 0 unspecified atom stereocenters. The minimum Gasteiger partial charge on any atom is -0.449 e. The molecule has 1 aromatic carbocycles. The zero-order chi connectivity index (χ0) is 9.26. The predicted molar refractivity (Wildman–Crippen MR) is 42.5 cm³/mol. The van der Waals surface area contributed by atoms with Gasteiger partial charge in [-0.05, 0) is 12.1 Å². The van der Waals surface area contributed by atoms with Gasteiger partial charge in [0.1, 0.15) is 16.8 Å². The van der Waals surface area contributed by atoms with Gasteiger partial charge in [-0.1, -0.05) is 0 Å². The lowest BCUT2D eigenvalue weighted by Crippen LogP contribution is -2.02. The van der Waals surface area contributed by atoms with Crippen LogP contribution in [-0.2, 0) is 0 Å². The highest BCUT2D eigenvalue weighted by Crippen LogP contribution is 2.16. The molecule has 1 aromatic heterocycles. The number of aromatic amines is 1. The quantitative estimate of drug-likeness (QED) is 0.503. The Kier molecular flexibility index (Phi) is 1.59. The van der Waals surface area contributed by atoms with Gasteiger partial charge in [-0.15, -0.1) is 0 Å². The summed E-state index contributed by atoms with van der Waals surface area (Å²) in [5.41, 5.74) is 1.23. The number of hydrogen-bond donors (Lipinski definition) is 2. The van der Waals surface area contributed by atoms with Crippen molar-refractivity contribution < 1.29 is 14.6 Å². The van der Waals surface area contributed by atoms with Gasteiger partial charge in [0.25, 0.3) is 0 Å². The fourth-order valence-corrected chi connectivity index (χ4v) is 0.984. The van der Waals surface area contributed by atoms with Crippen molar-refractivity contribution in [1.29, 1.82) is 0 Å². The van der Waals surface area contributed by atoms with Crippen molar-refractivity contribution in [3.8, 4) is 5.75 Å². The summed E-state index contributed by atoms with van der Waals surface area (Å²) < 4.78 is 4.43. The van der Waals surface area contributed by atoms with E-state index in [0.29, 0.717) is 11.0 Å². The van der Waals surface area contributed by atoms with Crippen LogP contribution in [0.5, 0.6) is 5.75 Å². The minimum absolute atomic E-state index is 0.230. The third-order valence-electron chi connectivity index (χ3n) is 1.49. The zero-order valence-corrected chi connectivity index (χ0v) is 6.39. The third kappa shape index (κ3) is 1.41. The first-order valence-electron chi connectivity index (χ1n) is 3.47. The summed E-state index contributed by atoms with van der Waals surface area (Å²) in [6.07, 6.45) is -1.34. The van der Waals surface area contributed by atoms with Gasteiger partial charge < -0.3 is 9.84 Å². The first kappa shape index (κ1) is 7.53. The molecular formula is C7H5N3O3. The Hall–Kier alpha value is -2.11. The highest BCUT2D eigenvalue weighted by Gasteiger charge is 2.03. The maximum atomic E-state index is 10.2. The lowest BCUT2D eigenvalue weighted by Gasteiger charge is -1.96. The van der Waals surface area contributed by atoms with Gasteiger partial charge in [0.15, 0.2) is 0 Å². The van der Waals surface area contributed by atoms with Gasteiger partial charge in [-0.25, -0.2) is 4.79 Å². The molecule has 0 radical (unpaired) electrons. The first-order valence-corrected chi connectivity index (χ1v) is 3.47. The van der Waals surface area contributed by atoms with Crippen LogP contribution in [0.1, 0.15) is 0 Å². The summed E-state index contributed by atoms with van der Waals surface area (Å²) in [5.74, 6) is 0.230. The summed E-state index contributed by atoms with van der Waals surface area (Å²) >= 11 is 0. The number of carbonyl (C=O) groups is 1. The Morgan fingerprint density at radius 2 is 2.15 bits per heavy atom. The molecule has 0 fully saturated rings. The Bertz CT molecular complexity index is 451. The minimum atomic E-state index is -1.34. The second-order valence-electron chi connectivity index (χ2n) is 2.34. The van der Waals surface area contributed by atoms with E-state index in [4.69, 9.17) is 5.11 Å². The summed E-state index contributed by atoms with van der Waals surface area (Å²) in [4.78, 5) is 10.2. The van der Waals surface area contributed by atoms with Gasteiger partial charge >= 0.3 is 6.16 Å². The molecule has 0 aliphatic heterocycles. The van der Waals surface area contributed by atoms with Crippen molar-refractivity contribution in [3.63, 3.8) is 0 Å². The zero-order valence-electron chi connectivity index (χ0n) is 6.39. The van der Waals surface area contributed by atoms with Crippen LogP contribution in [0.2, 0.25) is 0 Å². The van der Waals surface area contributed by atoms with Gasteiger partial charge in [-0.2, -0.15) is 15.4 Å². The standard InChI is InChI=1S/C7H5N3O3/c11-7(12)13-4-1-2-5-6(3-4)9-10-8-5/h1-3H,(H,11,12)(H,8,9,10). The van der Waals surface area contributed by atoms with E-state index in [0.717, 1.165) is 0 Å². The second kappa shape index (κ2) is 2.74. The SMILES string of the molecule is O=C(O)Oc1ccc2n[nH]nc2c1. The molecule has 0 aliphatic rings. The normalized spacial score (nSPS) is 10.2. The molecule has 6 nitrogen and oxygen atoms in total. The van der Waals surface area contributed by atoms with E-state index >= 15 is 0 Å². The number of nitrogens with one attached hydrogen (secondary N) is 1. The number of carboxylic acid groups (broad SMARTS) is 1. The number of aromatic nitrogens is 3. The fourth-order valence-electron chi connectivity index (χ4n) is 0.984. The van der Waals surface area contributed by atoms with Crippen LogP contribution < -0.4 is 4.74 Å². The number of ether oxygens (including phenoxy) is 1. The number of H-pyrrole nitrogens is 1. The number of fused-ring (bicyclic) bond motifs is 1. The van der Waals surface area contributed by atoms with Crippen LogP contribution in [0.4, 0.5) is 4.79 Å². The highest BCUT2D eigenvalue weighted by molar-refractivity contribution is 5.76. The summed E-state index contributed by atoms with van der Waals surface area (Å²) in [6, 6.07) is 4.63. The summed E-state index contributed by atoms with van der Waals surface area (Å²) in [6.45, 7) is 0. The maximum absolute atomic E-state index is 10.2. The van der Waals surface area contributed by atoms with E-state index in [9.17, 15) is 4.79 Å². The van der Waals surface area contributed by atoms with Gasteiger partial charge in [0.2, 0.25) is 0 Å². The number of benzene rings is 1. The molecule has 2 N–H and O–H groups in total. The molecule has 2 aromatic rings. The van der Waals surface area contributed by atoms with E-state index in [-0.39, 0.29) is 5.75 Å². The Morgan fingerprint density at radius 1 is 1.38 bits per heavy atom. The van der Waals surface area contributed by atoms with Crippen LogP contribution in [0, 0.1) is 0 Å². The number of hydrogen-bond acceptors (Lipinski definition) is 4. The van der Waals surface area contributed by atoms with Crippen molar-refractivity contribution >= 4 is 17.2 Å². The molecule has 0 aliphatic carbocycles. The lowest BCUT2D eigenvalue weighted by molar-refractivity contribution is 0.144. The predicted octanol–water partition coefficient (Wildman–Crippen LogP) is 1.01. The molecule has 0 spiro atoms. The van der Waals surface area contributed by atoms with Crippen molar-refractivity contribution in [3.05, 3.63) is 18.2 Å². The van der Waals surface area contributed by atoms with Gasteiger partial charge in [0.05, 0.1) is 0 Å². The summed E-state index contributed by atoms with van der Waals surface area (Å²) in [7, 11) is 0. The lowest BCUT2D eigenvalue weighted by atomic mass is 10.3. The molecule has 0 atom stereocenters. The average Bonchev–Trinajstić information content (AvgIpc) is 2.49. The topological polar surface area (TPSA) is 88.1 Å². The van der Waals surface area contributed by atoms with Crippen LogP contribution in [0.15, 0.2) is 18.2 Å². The number of rotatable bonds is 1. The molecule has 0 bridgehead atoms. The Labute approximate surface area is 72.1 Å². The monoisotopic (exact) mass is 179 g/mol. The van der Waals surface area contributed by atoms with E-state index < -0.39 is 6.16 Å². The smallest absolute Gasteiger partial charge is 0.449 e. The average molecular weight is 179 g/mol. The van der Waals surface area contributed by atoms with E-state index in [2.05, 4.69) is 20.1 Å². The van der Waals surface area contributed by atoms with Gasteiger partial charge in [-0.3, -0.25) is 0 Å². The molecule has 0 amide bonds. The summed E-state index contributed by atoms with van der Waals surface area (Å²) in [5, 5.41) is 18.3. The first-order chi connectivity index (χ1) is 6.25. The molecule has 6 heteroatoms. The van der Waals surface area contributed by atoms with Crippen molar-refractivity contribution in [1.82, 2.24) is 15.4 Å². The Balaban J connectivity index is 2.42. The molecule has 1 heterocycles. The molecule has 13 heavy (non-hydrogen) atoms. The number of nitrogens with zero attached hydrogens (tertiary/aromatic N) is 2. The van der Waals surface area contributed by atoms with Crippen molar-refractivity contribution in [2.45, 2.75) is 0 Å². The molecule has 66 valence electrons. The van der Waals surface area contributed by atoms with Crippen molar-refractivity contribution in [2.75, 3.05) is 0 Å². The van der Waals surface area contributed by atoms with Crippen LogP contribution in [0.25, 0.3) is 11.0 Å². The molecular weight excluding hydrogens is 174 g/mol. The Morgan fingerprint density at radius 3 is 2.92 bits per heavy atom. The third-order valence-corrected chi connectivity index (χ3v) is 1.49. The van der Waals surface area contributed by atoms with E-state index in [1.54, 1.807) is 6.07 Å². The van der Waals surface area contributed by atoms with Crippen LogP contribution >= 0.6 is 0 Å². The van der Waals surface area contributed by atoms with E-state index in [1.807, 2.05) is 0 Å².